The summed E-state index contributed by atoms with van der Waals surface area (Å²) in [5.74, 6) is 0.884. The number of hydrogen-bond acceptors (Lipinski definition) is 4. The first-order valence-corrected chi connectivity index (χ1v) is 7.32. The molecule has 0 aliphatic heterocycles. The number of imidazole rings is 1. The molecule has 3 aromatic heterocycles. The number of benzene rings is 1. The average molecular weight is 291 g/mol. The summed E-state index contributed by atoms with van der Waals surface area (Å²) in [5.41, 5.74) is 2.50. The molecular weight excluding hydrogens is 274 g/mol. The first-order chi connectivity index (χ1) is 10.5. The van der Waals surface area contributed by atoms with Gasteiger partial charge in [-0.25, -0.2) is 9.97 Å². The summed E-state index contributed by atoms with van der Waals surface area (Å²) in [6.45, 7) is 6.39. The molecule has 22 heavy (non-hydrogen) atoms. The Morgan fingerprint density at radius 3 is 2.59 bits per heavy atom. The van der Waals surface area contributed by atoms with Gasteiger partial charge in [0, 0.05) is 28.7 Å². The quantitative estimate of drug-likeness (QED) is 0.581. The fraction of sp³-hybridized carbons (Fsp3) is 0.235. The van der Waals surface area contributed by atoms with Gasteiger partial charge in [0.05, 0.1) is 6.20 Å². The van der Waals surface area contributed by atoms with Crippen molar-refractivity contribution >= 4 is 33.4 Å². The fourth-order valence-corrected chi connectivity index (χ4v) is 2.69. The summed E-state index contributed by atoms with van der Waals surface area (Å²) in [5, 5.41) is 5.69. The van der Waals surface area contributed by atoms with Crippen molar-refractivity contribution in [1.82, 2.24) is 19.4 Å². The van der Waals surface area contributed by atoms with Crippen LogP contribution in [0.1, 0.15) is 20.8 Å². The van der Waals surface area contributed by atoms with Crippen LogP contribution in [0, 0.1) is 0 Å². The molecule has 0 bridgehead atoms. The molecule has 1 aromatic carbocycles. The highest BCUT2D eigenvalue weighted by molar-refractivity contribution is 6.08. The Morgan fingerprint density at radius 2 is 1.82 bits per heavy atom. The highest BCUT2D eigenvalue weighted by Crippen LogP contribution is 2.30. The number of pyridine rings is 1. The van der Waals surface area contributed by atoms with E-state index in [1.54, 1.807) is 12.4 Å². The lowest BCUT2D eigenvalue weighted by Gasteiger charge is -2.22. The monoisotopic (exact) mass is 291 g/mol. The van der Waals surface area contributed by atoms with Gasteiger partial charge >= 0.3 is 0 Å². The van der Waals surface area contributed by atoms with Gasteiger partial charge in [-0.3, -0.25) is 9.38 Å². The van der Waals surface area contributed by atoms with Crippen LogP contribution in [-0.2, 0) is 0 Å². The minimum atomic E-state index is -0.0640. The van der Waals surface area contributed by atoms with E-state index in [0.717, 1.165) is 33.4 Å². The topological polar surface area (TPSA) is 55.1 Å². The van der Waals surface area contributed by atoms with Gasteiger partial charge in [0.25, 0.3) is 0 Å². The summed E-state index contributed by atoms with van der Waals surface area (Å²) in [6, 6.07) is 8.23. The van der Waals surface area contributed by atoms with Crippen LogP contribution in [0.25, 0.3) is 27.6 Å². The molecule has 0 fully saturated rings. The molecule has 0 saturated heterocycles. The van der Waals surface area contributed by atoms with Crippen molar-refractivity contribution in [1.29, 1.82) is 0 Å². The highest BCUT2D eigenvalue weighted by atomic mass is 15.1. The molecule has 0 atom stereocenters. The summed E-state index contributed by atoms with van der Waals surface area (Å²) < 4.78 is 1.97. The van der Waals surface area contributed by atoms with Gasteiger partial charge in [-0.15, -0.1) is 0 Å². The maximum atomic E-state index is 4.84. The molecule has 0 amide bonds. The zero-order valence-electron chi connectivity index (χ0n) is 12.8. The second-order valence-electron chi connectivity index (χ2n) is 6.47. The third kappa shape index (κ3) is 1.97. The number of anilines is 1. The van der Waals surface area contributed by atoms with Crippen LogP contribution < -0.4 is 5.32 Å². The van der Waals surface area contributed by atoms with Crippen LogP contribution >= 0.6 is 0 Å². The predicted octanol–water partition coefficient (Wildman–Crippen LogP) is 3.64. The van der Waals surface area contributed by atoms with E-state index in [1.165, 1.54) is 0 Å². The molecule has 5 heteroatoms. The second kappa shape index (κ2) is 4.40. The van der Waals surface area contributed by atoms with Gasteiger partial charge in [0.1, 0.15) is 11.3 Å². The Balaban J connectivity index is 2.15. The Morgan fingerprint density at radius 1 is 1.05 bits per heavy atom. The molecule has 4 aromatic rings. The molecule has 4 rings (SSSR count). The van der Waals surface area contributed by atoms with E-state index in [4.69, 9.17) is 9.97 Å². The molecule has 3 heterocycles. The first-order valence-electron chi connectivity index (χ1n) is 7.32. The molecule has 0 radical (unpaired) electrons. The van der Waals surface area contributed by atoms with Gasteiger partial charge < -0.3 is 5.32 Å². The second-order valence-corrected chi connectivity index (χ2v) is 6.47. The van der Waals surface area contributed by atoms with Crippen molar-refractivity contribution in [2.45, 2.75) is 26.3 Å². The predicted molar refractivity (Wildman–Crippen MR) is 89.2 cm³/mol. The zero-order valence-corrected chi connectivity index (χ0v) is 12.8. The summed E-state index contributed by atoms with van der Waals surface area (Å²) in [4.78, 5) is 13.7. The summed E-state index contributed by atoms with van der Waals surface area (Å²) in [7, 11) is 0. The van der Waals surface area contributed by atoms with E-state index in [1.807, 2.05) is 22.7 Å². The molecule has 0 aliphatic rings. The molecule has 0 saturated carbocycles. The smallest absolute Gasteiger partial charge is 0.167 e. The summed E-state index contributed by atoms with van der Waals surface area (Å²) >= 11 is 0. The summed E-state index contributed by atoms with van der Waals surface area (Å²) in [6.07, 6.45) is 5.41. The molecule has 0 spiro atoms. The Kier molecular flexibility index (Phi) is 2.60. The van der Waals surface area contributed by atoms with Crippen molar-refractivity contribution in [3.8, 4) is 0 Å². The minimum Gasteiger partial charge on any atom is -0.365 e. The van der Waals surface area contributed by atoms with Gasteiger partial charge in [-0.1, -0.05) is 24.3 Å². The number of nitrogens with one attached hydrogen (secondary N) is 1. The van der Waals surface area contributed by atoms with Gasteiger partial charge in [0.15, 0.2) is 11.3 Å². The van der Waals surface area contributed by atoms with E-state index >= 15 is 0 Å². The molecule has 5 nitrogen and oxygen atoms in total. The van der Waals surface area contributed by atoms with Crippen molar-refractivity contribution in [2.75, 3.05) is 5.32 Å². The average Bonchev–Trinajstić information content (AvgIpc) is 2.85. The molecule has 1 N–H and O–H groups in total. The number of aromatic nitrogens is 4. The third-order valence-electron chi connectivity index (χ3n) is 3.55. The first kappa shape index (κ1) is 13.0. The fourth-order valence-electron chi connectivity index (χ4n) is 2.69. The van der Waals surface area contributed by atoms with Crippen LogP contribution in [0.3, 0.4) is 0 Å². The van der Waals surface area contributed by atoms with Crippen molar-refractivity contribution in [3.05, 3.63) is 42.9 Å². The van der Waals surface area contributed by atoms with E-state index in [-0.39, 0.29) is 5.54 Å². The lowest BCUT2D eigenvalue weighted by molar-refractivity contribution is 0.632. The van der Waals surface area contributed by atoms with Gasteiger partial charge in [-0.2, -0.15) is 0 Å². The standard InChI is InChI=1S/C17H17N5/c1-17(2,3)21-15-12-7-5-4-6-11(12)14-16(20-15)22-9-8-18-10-13(22)19-14/h4-10H,1-3H3,(H,20,21). The van der Waals surface area contributed by atoms with Crippen LogP contribution in [0.4, 0.5) is 5.82 Å². The number of nitrogens with zero attached hydrogens (tertiary/aromatic N) is 4. The van der Waals surface area contributed by atoms with Crippen LogP contribution in [0.2, 0.25) is 0 Å². The zero-order chi connectivity index (χ0) is 15.3. The maximum absolute atomic E-state index is 4.84. The van der Waals surface area contributed by atoms with Crippen LogP contribution in [0.15, 0.2) is 42.9 Å². The molecule has 0 unspecified atom stereocenters. The largest absolute Gasteiger partial charge is 0.365 e. The van der Waals surface area contributed by atoms with Crippen molar-refractivity contribution in [2.24, 2.45) is 0 Å². The molecule has 110 valence electrons. The SMILES string of the molecule is CC(C)(C)Nc1nc2c(nc3cnccn32)c2ccccc12. The highest BCUT2D eigenvalue weighted by Gasteiger charge is 2.17. The van der Waals surface area contributed by atoms with Crippen molar-refractivity contribution in [3.63, 3.8) is 0 Å². The van der Waals surface area contributed by atoms with Gasteiger partial charge in [0.2, 0.25) is 0 Å². The molecule has 0 aliphatic carbocycles. The number of hydrogen-bond donors (Lipinski definition) is 1. The van der Waals surface area contributed by atoms with Crippen molar-refractivity contribution < 1.29 is 0 Å². The van der Waals surface area contributed by atoms with E-state index in [2.05, 4.69) is 43.2 Å². The maximum Gasteiger partial charge on any atom is 0.167 e. The van der Waals surface area contributed by atoms with E-state index in [9.17, 15) is 0 Å². The number of rotatable bonds is 1. The Hall–Kier alpha value is -2.69. The lowest BCUT2D eigenvalue weighted by Crippen LogP contribution is -2.26. The van der Waals surface area contributed by atoms with Crippen LogP contribution in [0.5, 0.6) is 0 Å². The molecular formula is C17H17N5. The van der Waals surface area contributed by atoms with E-state index < -0.39 is 0 Å². The van der Waals surface area contributed by atoms with E-state index in [0.29, 0.717) is 0 Å². The van der Waals surface area contributed by atoms with Crippen LogP contribution in [-0.4, -0.2) is 24.9 Å². The normalized spacial score (nSPS) is 12.3. The van der Waals surface area contributed by atoms with Gasteiger partial charge in [-0.05, 0) is 20.8 Å². The minimum absolute atomic E-state index is 0.0640. The Bertz CT molecular complexity index is 994. The number of fused-ring (bicyclic) bond motifs is 5. The Labute approximate surface area is 128 Å². The lowest BCUT2D eigenvalue weighted by atomic mass is 10.1. The third-order valence-corrected chi connectivity index (χ3v) is 3.55.